The molecule has 0 radical (unpaired) electrons. The summed E-state index contributed by atoms with van der Waals surface area (Å²) in [5.41, 5.74) is 4.55. The van der Waals surface area contributed by atoms with E-state index in [-0.39, 0.29) is 0 Å². The molecule has 3 aromatic rings. The minimum atomic E-state index is 0.592. The van der Waals surface area contributed by atoms with Gasteiger partial charge in [0.1, 0.15) is 0 Å². The first-order valence-corrected chi connectivity index (χ1v) is 8.28. The molecule has 0 N–H and O–H groups in total. The first-order valence-electron chi connectivity index (χ1n) is 8.28. The van der Waals surface area contributed by atoms with Crippen LogP contribution >= 0.6 is 0 Å². The standard InChI is InChI=1S/C21H23NO3/c1-5-15-8-10-16(11-9-15)18-7-6-12-22(18)17-13-19(23-2)21(25-4)20(14-17)24-3/h6-14H,5H2,1-4H3. The maximum Gasteiger partial charge on any atom is 0.203 e. The van der Waals surface area contributed by atoms with Crippen LogP contribution in [0.3, 0.4) is 0 Å². The normalized spacial score (nSPS) is 10.6. The lowest BCUT2D eigenvalue weighted by atomic mass is 10.1. The molecule has 0 atom stereocenters. The molecule has 2 aromatic carbocycles. The van der Waals surface area contributed by atoms with E-state index in [9.17, 15) is 0 Å². The second-order valence-electron chi connectivity index (χ2n) is 5.70. The highest BCUT2D eigenvalue weighted by Crippen LogP contribution is 2.40. The number of benzene rings is 2. The highest BCUT2D eigenvalue weighted by molar-refractivity contribution is 5.66. The molecule has 1 heterocycles. The molecule has 0 bridgehead atoms. The summed E-state index contributed by atoms with van der Waals surface area (Å²) < 4.78 is 18.5. The third-order valence-electron chi connectivity index (χ3n) is 4.33. The minimum Gasteiger partial charge on any atom is -0.493 e. The van der Waals surface area contributed by atoms with Gasteiger partial charge in [0, 0.05) is 18.3 Å². The van der Waals surface area contributed by atoms with Crippen LogP contribution in [0.5, 0.6) is 17.2 Å². The molecule has 0 aliphatic heterocycles. The molecule has 0 saturated heterocycles. The van der Waals surface area contributed by atoms with Gasteiger partial charge in [-0.25, -0.2) is 0 Å². The fourth-order valence-corrected chi connectivity index (χ4v) is 2.96. The minimum absolute atomic E-state index is 0.592. The van der Waals surface area contributed by atoms with E-state index < -0.39 is 0 Å². The van der Waals surface area contributed by atoms with Gasteiger partial charge in [-0.05, 0) is 29.7 Å². The summed E-state index contributed by atoms with van der Waals surface area (Å²) in [4.78, 5) is 0. The van der Waals surface area contributed by atoms with Crippen molar-refractivity contribution in [2.24, 2.45) is 0 Å². The SMILES string of the molecule is CCc1ccc(-c2cccn2-c2cc(OC)c(OC)c(OC)c2)cc1. The summed E-state index contributed by atoms with van der Waals surface area (Å²) in [5.74, 6) is 1.87. The molecule has 0 aliphatic rings. The largest absolute Gasteiger partial charge is 0.493 e. The molecule has 4 nitrogen and oxygen atoms in total. The van der Waals surface area contributed by atoms with Crippen LogP contribution in [0, 0.1) is 0 Å². The highest BCUT2D eigenvalue weighted by Gasteiger charge is 2.15. The van der Waals surface area contributed by atoms with E-state index in [1.165, 1.54) is 5.56 Å². The molecular formula is C21H23NO3. The number of hydrogen-bond acceptors (Lipinski definition) is 3. The summed E-state index contributed by atoms with van der Waals surface area (Å²) in [7, 11) is 4.86. The number of hydrogen-bond donors (Lipinski definition) is 0. The van der Waals surface area contributed by atoms with Crippen LogP contribution in [0.2, 0.25) is 0 Å². The van der Waals surface area contributed by atoms with E-state index in [0.29, 0.717) is 17.2 Å². The van der Waals surface area contributed by atoms with E-state index in [2.05, 4.69) is 41.8 Å². The van der Waals surface area contributed by atoms with Gasteiger partial charge in [0.15, 0.2) is 11.5 Å². The second kappa shape index (κ2) is 7.34. The maximum absolute atomic E-state index is 5.47. The van der Waals surface area contributed by atoms with E-state index in [1.54, 1.807) is 21.3 Å². The molecule has 1 aromatic heterocycles. The Balaban J connectivity index is 2.10. The fraction of sp³-hybridized carbons (Fsp3) is 0.238. The molecule has 0 unspecified atom stereocenters. The average Bonchev–Trinajstić information content (AvgIpc) is 3.16. The van der Waals surface area contributed by atoms with Crippen molar-refractivity contribution in [3.05, 3.63) is 60.3 Å². The van der Waals surface area contributed by atoms with Gasteiger partial charge in [0.2, 0.25) is 5.75 Å². The van der Waals surface area contributed by atoms with Crippen molar-refractivity contribution in [1.29, 1.82) is 0 Å². The van der Waals surface area contributed by atoms with E-state index in [4.69, 9.17) is 14.2 Å². The van der Waals surface area contributed by atoms with Gasteiger partial charge >= 0.3 is 0 Å². The van der Waals surface area contributed by atoms with Gasteiger partial charge in [-0.15, -0.1) is 0 Å². The maximum atomic E-state index is 5.47. The lowest BCUT2D eigenvalue weighted by Crippen LogP contribution is -2.00. The van der Waals surface area contributed by atoms with Gasteiger partial charge in [0.25, 0.3) is 0 Å². The Morgan fingerprint density at radius 1 is 0.840 bits per heavy atom. The van der Waals surface area contributed by atoms with E-state index >= 15 is 0 Å². The Morgan fingerprint density at radius 3 is 2.00 bits per heavy atom. The zero-order valence-electron chi connectivity index (χ0n) is 15.1. The van der Waals surface area contributed by atoms with Crippen molar-refractivity contribution in [3.63, 3.8) is 0 Å². The molecule has 0 amide bonds. The summed E-state index contributed by atoms with van der Waals surface area (Å²) in [6, 6.07) is 16.7. The average molecular weight is 337 g/mol. The predicted molar refractivity (Wildman–Crippen MR) is 100 cm³/mol. The van der Waals surface area contributed by atoms with Crippen molar-refractivity contribution >= 4 is 0 Å². The zero-order chi connectivity index (χ0) is 17.8. The highest BCUT2D eigenvalue weighted by atomic mass is 16.5. The molecule has 0 aliphatic carbocycles. The lowest BCUT2D eigenvalue weighted by molar-refractivity contribution is 0.324. The third-order valence-corrected chi connectivity index (χ3v) is 4.33. The number of rotatable bonds is 6. The predicted octanol–water partition coefficient (Wildman–Crippen LogP) is 4.73. The smallest absolute Gasteiger partial charge is 0.203 e. The Bertz CT molecular complexity index is 825. The molecule has 130 valence electrons. The van der Waals surface area contributed by atoms with Crippen LogP contribution in [-0.4, -0.2) is 25.9 Å². The quantitative estimate of drug-likeness (QED) is 0.652. The number of aromatic nitrogens is 1. The van der Waals surface area contributed by atoms with Gasteiger partial charge < -0.3 is 18.8 Å². The van der Waals surface area contributed by atoms with Crippen molar-refractivity contribution in [3.8, 4) is 34.2 Å². The fourth-order valence-electron chi connectivity index (χ4n) is 2.96. The first-order chi connectivity index (χ1) is 12.2. The van der Waals surface area contributed by atoms with Gasteiger partial charge in [-0.3, -0.25) is 0 Å². The monoisotopic (exact) mass is 337 g/mol. The number of nitrogens with zero attached hydrogens (tertiary/aromatic N) is 1. The summed E-state index contributed by atoms with van der Waals surface area (Å²) in [6.45, 7) is 2.16. The first kappa shape index (κ1) is 17.0. The topological polar surface area (TPSA) is 32.6 Å². The van der Waals surface area contributed by atoms with E-state index in [1.807, 2.05) is 24.4 Å². The van der Waals surface area contributed by atoms with Crippen LogP contribution < -0.4 is 14.2 Å². The summed E-state index contributed by atoms with van der Waals surface area (Å²) >= 11 is 0. The van der Waals surface area contributed by atoms with Gasteiger partial charge in [0.05, 0.1) is 32.7 Å². The Labute approximate surface area is 148 Å². The molecule has 3 rings (SSSR count). The zero-order valence-corrected chi connectivity index (χ0v) is 15.1. The summed E-state index contributed by atoms with van der Waals surface area (Å²) in [6.07, 6.45) is 3.07. The molecule has 4 heteroatoms. The number of methoxy groups -OCH3 is 3. The van der Waals surface area contributed by atoms with Crippen LogP contribution in [-0.2, 0) is 6.42 Å². The van der Waals surface area contributed by atoms with Crippen molar-refractivity contribution in [1.82, 2.24) is 4.57 Å². The van der Waals surface area contributed by atoms with Gasteiger partial charge in [-0.1, -0.05) is 31.2 Å². The van der Waals surface area contributed by atoms with Crippen molar-refractivity contribution in [2.75, 3.05) is 21.3 Å². The molecule has 25 heavy (non-hydrogen) atoms. The summed E-state index contributed by atoms with van der Waals surface area (Å²) in [5, 5.41) is 0. The van der Waals surface area contributed by atoms with Crippen molar-refractivity contribution in [2.45, 2.75) is 13.3 Å². The van der Waals surface area contributed by atoms with E-state index in [0.717, 1.165) is 23.4 Å². The second-order valence-corrected chi connectivity index (χ2v) is 5.70. The van der Waals surface area contributed by atoms with Crippen LogP contribution in [0.25, 0.3) is 16.9 Å². The molecule has 0 fully saturated rings. The van der Waals surface area contributed by atoms with Crippen LogP contribution in [0.15, 0.2) is 54.7 Å². The van der Waals surface area contributed by atoms with Gasteiger partial charge in [-0.2, -0.15) is 0 Å². The van der Waals surface area contributed by atoms with Crippen LogP contribution in [0.4, 0.5) is 0 Å². The Hall–Kier alpha value is -2.88. The third kappa shape index (κ3) is 3.20. The van der Waals surface area contributed by atoms with Crippen LogP contribution in [0.1, 0.15) is 12.5 Å². The number of aryl methyl sites for hydroxylation is 1. The molecular weight excluding hydrogens is 314 g/mol. The molecule has 0 saturated carbocycles. The Morgan fingerprint density at radius 2 is 1.48 bits per heavy atom. The van der Waals surface area contributed by atoms with Crippen molar-refractivity contribution < 1.29 is 14.2 Å². The lowest BCUT2D eigenvalue weighted by Gasteiger charge is -2.16. The molecule has 0 spiro atoms. The Kier molecular flexibility index (Phi) is 4.98. The number of ether oxygens (including phenoxy) is 3.